The topological polar surface area (TPSA) is 12.0 Å². The van der Waals surface area contributed by atoms with Gasteiger partial charge in [0.25, 0.3) is 0 Å². The van der Waals surface area contributed by atoms with Gasteiger partial charge in [0.15, 0.2) is 0 Å². The first-order chi connectivity index (χ1) is 8.24. The van der Waals surface area contributed by atoms with Crippen molar-refractivity contribution in [1.82, 2.24) is 5.32 Å². The van der Waals surface area contributed by atoms with Crippen LogP contribution >= 0.6 is 11.8 Å². The summed E-state index contributed by atoms with van der Waals surface area (Å²) in [6, 6.07) is 2.43. The molecule has 4 heteroatoms. The van der Waals surface area contributed by atoms with Crippen LogP contribution in [0.2, 0.25) is 0 Å². The van der Waals surface area contributed by atoms with Crippen molar-refractivity contribution in [2.45, 2.75) is 31.6 Å². The van der Waals surface area contributed by atoms with Gasteiger partial charge in [-0.3, -0.25) is 0 Å². The van der Waals surface area contributed by atoms with Crippen LogP contribution in [0.4, 0.5) is 8.78 Å². The van der Waals surface area contributed by atoms with Gasteiger partial charge in [0.1, 0.15) is 11.6 Å². The third-order valence-corrected chi connectivity index (χ3v) is 4.05. The van der Waals surface area contributed by atoms with E-state index in [0.29, 0.717) is 16.9 Å². The van der Waals surface area contributed by atoms with Gasteiger partial charge < -0.3 is 5.32 Å². The zero-order chi connectivity index (χ0) is 12.3. The number of fused-ring (bicyclic) bond motifs is 1. The summed E-state index contributed by atoms with van der Waals surface area (Å²) in [4.78, 5) is 0. The molecule has 0 aliphatic carbocycles. The Morgan fingerprint density at radius 3 is 2.88 bits per heavy atom. The van der Waals surface area contributed by atoms with Gasteiger partial charge in [-0.2, -0.15) is 11.8 Å². The predicted octanol–water partition coefficient (Wildman–Crippen LogP) is 3.64. The van der Waals surface area contributed by atoms with Crippen LogP contribution in [-0.2, 0) is 5.75 Å². The van der Waals surface area contributed by atoms with Crippen LogP contribution in [0.15, 0.2) is 12.1 Å². The second kappa shape index (κ2) is 5.83. The Bertz CT molecular complexity index is 395. The molecule has 17 heavy (non-hydrogen) atoms. The lowest BCUT2D eigenvalue weighted by atomic mass is 9.98. The lowest BCUT2D eigenvalue weighted by Crippen LogP contribution is -2.24. The normalized spacial score (nSPS) is 19.8. The summed E-state index contributed by atoms with van der Waals surface area (Å²) in [7, 11) is 0. The summed E-state index contributed by atoms with van der Waals surface area (Å²) < 4.78 is 27.6. The number of hydrogen-bond donors (Lipinski definition) is 1. The third-order valence-electron chi connectivity index (χ3n) is 3.03. The molecule has 1 N–H and O–H groups in total. The predicted molar refractivity (Wildman–Crippen MR) is 68.2 cm³/mol. The van der Waals surface area contributed by atoms with Gasteiger partial charge in [0, 0.05) is 22.9 Å². The molecule has 0 saturated heterocycles. The van der Waals surface area contributed by atoms with Crippen LogP contribution < -0.4 is 5.32 Å². The highest BCUT2D eigenvalue weighted by Crippen LogP contribution is 2.33. The van der Waals surface area contributed by atoms with E-state index >= 15 is 0 Å². The monoisotopic (exact) mass is 257 g/mol. The van der Waals surface area contributed by atoms with Crippen molar-refractivity contribution in [3.05, 3.63) is 34.9 Å². The maximum atomic E-state index is 13.9. The molecule has 1 aromatic carbocycles. The number of nitrogens with one attached hydrogen (secondary N) is 1. The number of benzene rings is 1. The largest absolute Gasteiger partial charge is 0.310 e. The average Bonchev–Trinajstić information content (AvgIpc) is 2.54. The summed E-state index contributed by atoms with van der Waals surface area (Å²) in [5.74, 6) is 0.953. The summed E-state index contributed by atoms with van der Waals surface area (Å²) in [6.07, 6.45) is 1.86. The summed E-state index contributed by atoms with van der Waals surface area (Å²) in [5.41, 5.74) is 1.09. The smallest absolute Gasteiger partial charge is 0.128 e. The van der Waals surface area contributed by atoms with E-state index in [1.807, 2.05) is 0 Å². The summed E-state index contributed by atoms with van der Waals surface area (Å²) >= 11 is 1.67. The molecule has 0 spiro atoms. The fraction of sp³-hybridized carbons (Fsp3) is 0.538. The molecule has 1 aromatic rings. The summed E-state index contributed by atoms with van der Waals surface area (Å²) in [5, 5.41) is 3.32. The van der Waals surface area contributed by atoms with Crippen molar-refractivity contribution in [3.8, 4) is 0 Å². The molecule has 2 rings (SSSR count). The van der Waals surface area contributed by atoms with Crippen molar-refractivity contribution in [3.63, 3.8) is 0 Å². The van der Waals surface area contributed by atoms with Crippen molar-refractivity contribution in [2.75, 3.05) is 12.3 Å². The van der Waals surface area contributed by atoms with E-state index in [9.17, 15) is 8.78 Å². The lowest BCUT2D eigenvalue weighted by molar-refractivity contribution is 0.483. The fourth-order valence-electron chi connectivity index (χ4n) is 2.18. The first-order valence-corrected chi connectivity index (χ1v) is 7.17. The highest BCUT2D eigenvalue weighted by atomic mass is 32.2. The Kier molecular flexibility index (Phi) is 4.40. The van der Waals surface area contributed by atoms with Gasteiger partial charge in [-0.1, -0.05) is 6.92 Å². The number of halogens is 2. The Morgan fingerprint density at radius 2 is 2.12 bits per heavy atom. The van der Waals surface area contributed by atoms with Crippen LogP contribution in [0.3, 0.4) is 0 Å². The Hall–Kier alpha value is -0.610. The van der Waals surface area contributed by atoms with Gasteiger partial charge in [0.05, 0.1) is 0 Å². The fourth-order valence-corrected chi connectivity index (χ4v) is 3.22. The van der Waals surface area contributed by atoms with E-state index in [1.54, 1.807) is 11.8 Å². The SMILES string of the molecule is CCCNC1CCSCc2c(F)ccc(F)c21. The van der Waals surface area contributed by atoms with Crippen LogP contribution in [-0.4, -0.2) is 12.3 Å². The summed E-state index contributed by atoms with van der Waals surface area (Å²) in [6.45, 7) is 2.91. The Morgan fingerprint density at radius 1 is 1.35 bits per heavy atom. The van der Waals surface area contributed by atoms with Crippen molar-refractivity contribution >= 4 is 11.8 Å². The molecule has 0 bridgehead atoms. The number of rotatable bonds is 3. The zero-order valence-electron chi connectivity index (χ0n) is 9.93. The van der Waals surface area contributed by atoms with Crippen LogP contribution in [0.25, 0.3) is 0 Å². The molecule has 0 saturated carbocycles. The van der Waals surface area contributed by atoms with Crippen molar-refractivity contribution < 1.29 is 8.78 Å². The molecule has 1 heterocycles. The molecule has 1 aliphatic heterocycles. The molecule has 0 amide bonds. The molecule has 1 aliphatic rings. The van der Waals surface area contributed by atoms with E-state index in [1.165, 1.54) is 12.1 Å². The maximum Gasteiger partial charge on any atom is 0.128 e. The average molecular weight is 257 g/mol. The Labute approximate surface area is 105 Å². The van der Waals surface area contributed by atoms with E-state index in [0.717, 1.165) is 25.1 Å². The van der Waals surface area contributed by atoms with Crippen molar-refractivity contribution in [2.24, 2.45) is 0 Å². The minimum absolute atomic E-state index is 0.0457. The Balaban J connectivity index is 2.36. The first-order valence-electron chi connectivity index (χ1n) is 6.02. The second-order valence-corrected chi connectivity index (χ2v) is 5.37. The molecule has 1 unspecified atom stereocenters. The van der Waals surface area contributed by atoms with Gasteiger partial charge in [-0.05, 0) is 37.3 Å². The second-order valence-electron chi connectivity index (χ2n) is 4.27. The van der Waals surface area contributed by atoms with Gasteiger partial charge in [0.2, 0.25) is 0 Å². The van der Waals surface area contributed by atoms with Gasteiger partial charge in [-0.15, -0.1) is 0 Å². The van der Waals surface area contributed by atoms with E-state index in [-0.39, 0.29) is 17.7 Å². The molecule has 0 aromatic heterocycles. The standard InChI is InChI=1S/C13H17F2NS/c1-2-6-16-12-5-7-17-8-9-10(14)3-4-11(15)13(9)12/h3-4,12,16H,2,5-8H2,1H3. The van der Waals surface area contributed by atoms with Crippen LogP contribution in [0.1, 0.15) is 36.9 Å². The molecule has 0 fully saturated rings. The first kappa shape index (κ1) is 12.8. The maximum absolute atomic E-state index is 13.9. The van der Waals surface area contributed by atoms with E-state index < -0.39 is 0 Å². The van der Waals surface area contributed by atoms with Crippen LogP contribution in [0.5, 0.6) is 0 Å². The number of hydrogen-bond acceptors (Lipinski definition) is 2. The number of thioether (sulfide) groups is 1. The minimum Gasteiger partial charge on any atom is -0.310 e. The lowest BCUT2D eigenvalue weighted by Gasteiger charge is -2.19. The molecular weight excluding hydrogens is 240 g/mol. The molecule has 94 valence electrons. The highest BCUT2D eigenvalue weighted by Gasteiger charge is 2.24. The van der Waals surface area contributed by atoms with Gasteiger partial charge in [-0.25, -0.2) is 8.78 Å². The third kappa shape index (κ3) is 2.80. The zero-order valence-corrected chi connectivity index (χ0v) is 10.7. The van der Waals surface area contributed by atoms with Crippen LogP contribution in [0, 0.1) is 11.6 Å². The molecule has 0 radical (unpaired) electrons. The molecular formula is C13H17F2NS. The highest BCUT2D eigenvalue weighted by molar-refractivity contribution is 7.98. The molecule has 1 atom stereocenters. The van der Waals surface area contributed by atoms with Crippen molar-refractivity contribution in [1.29, 1.82) is 0 Å². The molecule has 1 nitrogen and oxygen atoms in total. The van der Waals surface area contributed by atoms with E-state index in [2.05, 4.69) is 12.2 Å². The minimum atomic E-state index is -0.280. The van der Waals surface area contributed by atoms with Gasteiger partial charge >= 0.3 is 0 Å². The quantitative estimate of drug-likeness (QED) is 0.887. The van der Waals surface area contributed by atoms with E-state index in [4.69, 9.17) is 0 Å².